The maximum atomic E-state index is 5.46. The number of hydrogen-bond acceptors (Lipinski definition) is 2. The van der Waals surface area contributed by atoms with Gasteiger partial charge in [-0.1, -0.05) is 6.07 Å². The first-order valence-electron chi connectivity index (χ1n) is 5.66. The van der Waals surface area contributed by atoms with Crippen LogP contribution in [0.5, 0.6) is 0 Å². The molecule has 0 unspecified atom stereocenters. The summed E-state index contributed by atoms with van der Waals surface area (Å²) in [5.41, 5.74) is 2.58. The Morgan fingerprint density at radius 1 is 1.00 bits per heavy atom. The van der Waals surface area contributed by atoms with E-state index in [1.165, 1.54) is 43.6 Å². The Morgan fingerprint density at radius 2 is 1.87 bits per heavy atom. The zero-order chi connectivity index (χ0) is 10.1. The molecule has 0 aromatic heterocycles. The highest BCUT2D eigenvalue weighted by molar-refractivity contribution is 5.76. The van der Waals surface area contributed by atoms with Crippen LogP contribution in [0.25, 0.3) is 11.3 Å². The van der Waals surface area contributed by atoms with Gasteiger partial charge in [0.15, 0.2) is 0 Å². The Bertz CT molecular complexity index is 415. The van der Waals surface area contributed by atoms with Crippen molar-refractivity contribution in [2.45, 2.75) is 19.3 Å². The lowest BCUT2D eigenvalue weighted by Crippen LogP contribution is -2.29. The first-order chi connectivity index (χ1) is 7.45. The van der Waals surface area contributed by atoms with Gasteiger partial charge in [0.05, 0.1) is 12.0 Å². The van der Waals surface area contributed by atoms with E-state index in [4.69, 9.17) is 4.42 Å². The summed E-state index contributed by atoms with van der Waals surface area (Å²) in [6.45, 7) is 2.37. The fourth-order valence-corrected chi connectivity index (χ4v) is 2.39. The van der Waals surface area contributed by atoms with Gasteiger partial charge in [0.25, 0.3) is 0 Å². The van der Waals surface area contributed by atoms with Gasteiger partial charge < -0.3 is 9.32 Å². The normalized spacial score (nSPS) is 17.2. The van der Waals surface area contributed by atoms with Crippen molar-refractivity contribution in [3.63, 3.8) is 0 Å². The van der Waals surface area contributed by atoms with Crippen LogP contribution < -0.4 is 4.90 Å². The summed E-state index contributed by atoms with van der Waals surface area (Å²) in [6.07, 6.45) is 5.80. The molecule has 0 aromatic carbocycles. The monoisotopic (exact) mass is 201 g/mol. The van der Waals surface area contributed by atoms with Crippen molar-refractivity contribution in [1.29, 1.82) is 0 Å². The molecule has 0 aromatic rings. The Balaban J connectivity index is 1.99. The summed E-state index contributed by atoms with van der Waals surface area (Å²) >= 11 is 0. The van der Waals surface area contributed by atoms with Gasteiger partial charge in [-0.3, -0.25) is 0 Å². The molecule has 1 aliphatic carbocycles. The van der Waals surface area contributed by atoms with Crippen LogP contribution in [-0.4, -0.2) is 13.1 Å². The molecule has 3 aliphatic rings. The van der Waals surface area contributed by atoms with Crippen LogP contribution in [0, 0.1) is 0 Å². The fourth-order valence-electron chi connectivity index (χ4n) is 2.39. The van der Waals surface area contributed by atoms with Crippen molar-refractivity contribution in [3.05, 3.63) is 30.5 Å². The zero-order valence-corrected chi connectivity index (χ0v) is 8.78. The van der Waals surface area contributed by atoms with Crippen molar-refractivity contribution in [1.82, 2.24) is 0 Å². The average Bonchev–Trinajstić information content (AvgIpc) is 2.78. The minimum absolute atomic E-state index is 0.998. The molecule has 3 rings (SSSR count). The maximum Gasteiger partial charge on any atom is 0.135 e. The molecule has 0 atom stereocenters. The van der Waals surface area contributed by atoms with Gasteiger partial charge >= 0.3 is 0 Å². The molecule has 2 aliphatic heterocycles. The number of fused-ring (bicyclic) bond motifs is 1. The van der Waals surface area contributed by atoms with Gasteiger partial charge in [-0.05, 0) is 37.5 Å². The first kappa shape index (κ1) is 8.84. The molecular weight excluding hydrogens is 186 g/mol. The van der Waals surface area contributed by atoms with Crippen LogP contribution in [-0.2, 0) is 0 Å². The van der Waals surface area contributed by atoms with Gasteiger partial charge in [-0.15, -0.1) is 0 Å². The third kappa shape index (κ3) is 1.50. The Kier molecular flexibility index (Phi) is 2.13. The summed E-state index contributed by atoms with van der Waals surface area (Å²) in [6, 6.07) is 8.32. The predicted octanol–water partition coefficient (Wildman–Crippen LogP) is 3.37. The van der Waals surface area contributed by atoms with Crippen LogP contribution in [0.2, 0.25) is 0 Å². The van der Waals surface area contributed by atoms with Crippen molar-refractivity contribution in [2.75, 3.05) is 18.0 Å². The molecular formula is C13H15NO. The van der Waals surface area contributed by atoms with Crippen molar-refractivity contribution < 1.29 is 4.42 Å². The standard InChI is InChI=1S/C13H15NO/c1-2-8-14(9-3-1)12-7-10-15-13-6-4-5-11(12)13/h4-7,10H,1-3,8-9H2. The van der Waals surface area contributed by atoms with Crippen molar-refractivity contribution in [2.24, 2.45) is 0 Å². The van der Waals surface area contributed by atoms with E-state index in [0.29, 0.717) is 0 Å². The van der Waals surface area contributed by atoms with Gasteiger partial charge in [-0.2, -0.15) is 0 Å². The van der Waals surface area contributed by atoms with Crippen LogP contribution in [0.1, 0.15) is 19.3 Å². The summed E-state index contributed by atoms with van der Waals surface area (Å²) in [7, 11) is 0. The van der Waals surface area contributed by atoms with E-state index in [1.54, 1.807) is 6.26 Å². The van der Waals surface area contributed by atoms with Crippen molar-refractivity contribution >= 4 is 5.69 Å². The topological polar surface area (TPSA) is 16.4 Å². The fraction of sp³-hybridized carbons (Fsp3) is 0.385. The van der Waals surface area contributed by atoms with Gasteiger partial charge in [0, 0.05) is 18.7 Å². The SMILES string of the molecule is c1cc2occc(N3CCCCC3)c-2c1. The molecule has 1 fully saturated rings. The molecule has 0 saturated carbocycles. The second kappa shape index (κ2) is 3.61. The molecule has 15 heavy (non-hydrogen) atoms. The van der Waals surface area contributed by atoms with E-state index in [2.05, 4.69) is 23.1 Å². The Hall–Kier alpha value is -1.44. The van der Waals surface area contributed by atoms with Gasteiger partial charge in [-0.25, -0.2) is 0 Å². The second-order valence-corrected chi connectivity index (χ2v) is 4.16. The molecule has 2 heterocycles. The second-order valence-electron chi connectivity index (χ2n) is 4.16. The molecule has 2 nitrogen and oxygen atoms in total. The molecule has 78 valence electrons. The van der Waals surface area contributed by atoms with Gasteiger partial charge in [0.2, 0.25) is 0 Å². The smallest absolute Gasteiger partial charge is 0.135 e. The van der Waals surface area contributed by atoms with Crippen LogP contribution in [0.3, 0.4) is 0 Å². The summed E-state index contributed by atoms with van der Waals surface area (Å²) in [4.78, 5) is 2.47. The number of piperidine rings is 1. The van der Waals surface area contributed by atoms with Gasteiger partial charge in [0.1, 0.15) is 5.76 Å². The van der Waals surface area contributed by atoms with Crippen LogP contribution in [0.15, 0.2) is 34.9 Å². The number of rotatable bonds is 1. The summed E-state index contributed by atoms with van der Waals surface area (Å²) < 4.78 is 5.46. The molecule has 1 saturated heterocycles. The quantitative estimate of drug-likeness (QED) is 0.703. The molecule has 0 spiro atoms. The predicted molar refractivity (Wildman–Crippen MR) is 61.4 cm³/mol. The minimum atomic E-state index is 0.998. The molecule has 0 bridgehead atoms. The first-order valence-corrected chi connectivity index (χ1v) is 5.66. The Morgan fingerprint density at radius 3 is 2.73 bits per heavy atom. The zero-order valence-electron chi connectivity index (χ0n) is 8.78. The molecule has 0 radical (unpaired) electrons. The number of nitrogens with zero attached hydrogens (tertiary/aromatic N) is 1. The average molecular weight is 201 g/mol. The molecule has 0 amide bonds. The molecule has 2 heteroatoms. The number of hydrogen-bond donors (Lipinski definition) is 0. The van der Waals surface area contributed by atoms with E-state index >= 15 is 0 Å². The highest BCUT2D eigenvalue weighted by Crippen LogP contribution is 2.34. The Labute approximate surface area is 89.8 Å². The highest BCUT2D eigenvalue weighted by atomic mass is 16.3. The van der Waals surface area contributed by atoms with E-state index in [-0.39, 0.29) is 0 Å². The largest absolute Gasteiger partial charge is 0.464 e. The number of anilines is 1. The third-order valence-corrected chi connectivity index (χ3v) is 3.17. The maximum absolute atomic E-state index is 5.46. The summed E-state index contributed by atoms with van der Waals surface area (Å²) in [5.74, 6) is 0.998. The van der Waals surface area contributed by atoms with E-state index in [9.17, 15) is 0 Å². The lowest BCUT2D eigenvalue weighted by atomic mass is 10.1. The molecule has 0 N–H and O–H groups in total. The van der Waals surface area contributed by atoms with E-state index in [0.717, 1.165) is 5.76 Å². The lowest BCUT2D eigenvalue weighted by molar-refractivity contribution is 0.555. The van der Waals surface area contributed by atoms with Crippen LogP contribution in [0.4, 0.5) is 5.69 Å². The van der Waals surface area contributed by atoms with Crippen LogP contribution >= 0.6 is 0 Å². The van der Waals surface area contributed by atoms with E-state index < -0.39 is 0 Å². The summed E-state index contributed by atoms with van der Waals surface area (Å²) in [5, 5.41) is 0. The van der Waals surface area contributed by atoms with Crippen molar-refractivity contribution in [3.8, 4) is 11.3 Å². The lowest BCUT2D eigenvalue weighted by Gasteiger charge is -2.30. The highest BCUT2D eigenvalue weighted by Gasteiger charge is 2.17. The third-order valence-electron chi connectivity index (χ3n) is 3.17. The van der Waals surface area contributed by atoms with E-state index in [1.807, 2.05) is 6.07 Å². The minimum Gasteiger partial charge on any atom is -0.464 e.